The first-order valence-electron chi connectivity index (χ1n) is 8.42. The molecule has 2 N–H and O–H groups in total. The van der Waals surface area contributed by atoms with Gasteiger partial charge in [-0.3, -0.25) is 9.59 Å². The molecule has 0 saturated carbocycles. The predicted molar refractivity (Wildman–Crippen MR) is 105 cm³/mol. The summed E-state index contributed by atoms with van der Waals surface area (Å²) in [4.78, 5) is 26.4. The Morgan fingerprint density at radius 3 is 2.74 bits per heavy atom. The lowest BCUT2D eigenvalue weighted by Gasteiger charge is -2.11. The van der Waals surface area contributed by atoms with Crippen molar-refractivity contribution in [3.63, 3.8) is 0 Å². The number of carbonyl (C=O) groups excluding carboxylic acids is 2. The van der Waals surface area contributed by atoms with Gasteiger partial charge in [-0.05, 0) is 49.2 Å². The minimum atomic E-state index is -0.718. The highest BCUT2D eigenvalue weighted by Crippen LogP contribution is 2.28. The van der Waals surface area contributed by atoms with Crippen LogP contribution in [0.25, 0.3) is 10.4 Å². The van der Waals surface area contributed by atoms with Gasteiger partial charge in [0.1, 0.15) is 5.75 Å². The van der Waals surface area contributed by atoms with Gasteiger partial charge in [0.2, 0.25) is 0 Å². The van der Waals surface area contributed by atoms with Gasteiger partial charge in [-0.15, -0.1) is 11.3 Å². The van der Waals surface area contributed by atoms with Gasteiger partial charge < -0.3 is 19.8 Å². The van der Waals surface area contributed by atoms with Crippen molar-refractivity contribution in [2.75, 3.05) is 19.0 Å². The van der Waals surface area contributed by atoms with E-state index in [1.165, 1.54) is 7.11 Å². The van der Waals surface area contributed by atoms with Gasteiger partial charge in [0.15, 0.2) is 0 Å². The lowest BCUT2D eigenvalue weighted by molar-refractivity contribution is -0.136. The molecule has 2 heterocycles. The van der Waals surface area contributed by atoms with E-state index in [0.717, 1.165) is 20.9 Å². The molecule has 2 aromatic heterocycles. The summed E-state index contributed by atoms with van der Waals surface area (Å²) < 4.78 is 10.3. The van der Waals surface area contributed by atoms with Crippen LogP contribution < -0.4 is 15.4 Å². The Morgan fingerprint density at radius 2 is 2.00 bits per heavy atom. The zero-order valence-electron chi connectivity index (χ0n) is 15.1. The van der Waals surface area contributed by atoms with E-state index in [4.69, 9.17) is 9.15 Å². The van der Waals surface area contributed by atoms with Crippen LogP contribution in [0.2, 0.25) is 0 Å². The molecule has 2 amide bonds. The minimum absolute atomic E-state index is 0.378. The normalized spacial score (nSPS) is 10.4. The number of amides is 2. The summed E-state index contributed by atoms with van der Waals surface area (Å²) in [7, 11) is 1.51. The molecule has 0 bridgehead atoms. The second-order valence-electron chi connectivity index (χ2n) is 5.94. The standard InChI is InChI=1S/C20H20N2O4S/c1-13-3-5-17(25-2)16(11-13)22-20(24)19(23)21-9-7-15-4-6-18(27-15)14-8-10-26-12-14/h3-6,8,10-12H,7,9H2,1-2H3,(H,21,23)(H,22,24). The first kappa shape index (κ1) is 18.7. The first-order chi connectivity index (χ1) is 13.1. The van der Waals surface area contributed by atoms with Gasteiger partial charge in [-0.2, -0.15) is 0 Å². The van der Waals surface area contributed by atoms with Crippen molar-refractivity contribution >= 4 is 28.8 Å². The number of anilines is 1. The van der Waals surface area contributed by atoms with Gasteiger partial charge in [0.25, 0.3) is 0 Å². The number of thiophene rings is 1. The Kier molecular flexibility index (Phi) is 5.93. The van der Waals surface area contributed by atoms with E-state index in [9.17, 15) is 9.59 Å². The summed E-state index contributed by atoms with van der Waals surface area (Å²) in [5, 5.41) is 5.23. The molecule has 3 rings (SSSR count). The molecule has 7 heteroatoms. The smallest absolute Gasteiger partial charge is 0.313 e. The summed E-state index contributed by atoms with van der Waals surface area (Å²) in [5.41, 5.74) is 2.46. The average molecular weight is 384 g/mol. The van der Waals surface area contributed by atoms with Gasteiger partial charge >= 0.3 is 11.8 Å². The van der Waals surface area contributed by atoms with Crippen LogP contribution >= 0.6 is 11.3 Å². The molecule has 0 atom stereocenters. The number of ether oxygens (including phenoxy) is 1. The summed E-state index contributed by atoms with van der Waals surface area (Å²) >= 11 is 1.63. The maximum absolute atomic E-state index is 12.1. The quantitative estimate of drug-likeness (QED) is 0.636. The van der Waals surface area contributed by atoms with Gasteiger partial charge in [0.05, 0.1) is 25.3 Å². The SMILES string of the molecule is COc1ccc(C)cc1NC(=O)C(=O)NCCc1ccc(-c2ccoc2)s1. The number of benzene rings is 1. The Hall–Kier alpha value is -3.06. The molecule has 0 spiro atoms. The molecule has 0 aliphatic carbocycles. The maximum Gasteiger partial charge on any atom is 0.313 e. The largest absolute Gasteiger partial charge is 0.495 e. The highest BCUT2D eigenvalue weighted by Gasteiger charge is 2.15. The highest BCUT2D eigenvalue weighted by molar-refractivity contribution is 7.15. The third kappa shape index (κ3) is 4.77. The van der Waals surface area contributed by atoms with Crippen LogP contribution in [0.15, 0.2) is 53.3 Å². The van der Waals surface area contributed by atoms with Crippen molar-refractivity contribution in [2.45, 2.75) is 13.3 Å². The molecule has 27 heavy (non-hydrogen) atoms. The van der Waals surface area contributed by atoms with Crippen molar-refractivity contribution in [3.05, 3.63) is 59.4 Å². The Bertz CT molecular complexity index is 931. The fourth-order valence-corrected chi connectivity index (χ4v) is 3.54. The van der Waals surface area contributed by atoms with Crippen molar-refractivity contribution in [2.24, 2.45) is 0 Å². The maximum atomic E-state index is 12.1. The van der Waals surface area contributed by atoms with E-state index in [1.807, 2.05) is 31.2 Å². The molecule has 0 aliphatic rings. The number of aryl methyl sites for hydroxylation is 1. The van der Waals surface area contributed by atoms with Crippen LogP contribution in [-0.2, 0) is 16.0 Å². The second-order valence-corrected chi connectivity index (χ2v) is 7.11. The summed E-state index contributed by atoms with van der Waals surface area (Å²) in [6, 6.07) is 11.3. The van der Waals surface area contributed by atoms with E-state index >= 15 is 0 Å². The number of hydrogen-bond donors (Lipinski definition) is 2. The first-order valence-corrected chi connectivity index (χ1v) is 9.23. The Labute approximate surface area is 161 Å². The monoisotopic (exact) mass is 384 g/mol. The van der Waals surface area contributed by atoms with Gasteiger partial charge in [-0.1, -0.05) is 6.07 Å². The number of nitrogens with one attached hydrogen (secondary N) is 2. The van der Waals surface area contributed by atoms with Gasteiger partial charge in [0, 0.05) is 21.9 Å². The van der Waals surface area contributed by atoms with E-state index in [1.54, 1.807) is 36.0 Å². The lowest BCUT2D eigenvalue weighted by atomic mass is 10.2. The predicted octanol–water partition coefficient (Wildman–Crippen LogP) is 3.62. The third-order valence-corrected chi connectivity index (χ3v) is 5.13. The lowest BCUT2D eigenvalue weighted by Crippen LogP contribution is -2.36. The van der Waals surface area contributed by atoms with Crippen molar-refractivity contribution < 1.29 is 18.7 Å². The Morgan fingerprint density at radius 1 is 1.15 bits per heavy atom. The molecule has 0 fully saturated rings. The van der Waals surface area contributed by atoms with Crippen LogP contribution in [0.5, 0.6) is 5.75 Å². The van der Waals surface area contributed by atoms with Crippen LogP contribution in [0.3, 0.4) is 0 Å². The molecule has 0 unspecified atom stereocenters. The third-order valence-electron chi connectivity index (χ3n) is 3.93. The molecular formula is C20H20N2O4S. The minimum Gasteiger partial charge on any atom is -0.495 e. The van der Waals surface area contributed by atoms with E-state index in [0.29, 0.717) is 24.4 Å². The molecule has 0 saturated heterocycles. The van der Waals surface area contributed by atoms with Crippen molar-refractivity contribution in [1.29, 1.82) is 0 Å². The fraction of sp³-hybridized carbons (Fsp3) is 0.200. The van der Waals surface area contributed by atoms with E-state index in [2.05, 4.69) is 10.6 Å². The number of rotatable bonds is 6. The van der Waals surface area contributed by atoms with Crippen molar-refractivity contribution in [1.82, 2.24) is 5.32 Å². The molecule has 1 aromatic carbocycles. The number of furan rings is 1. The number of hydrogen-bond acceptors (Lipinski definition) is 5. The Balaban J connectivity index is 1.51. The van der Waals surface area contributed by atoms with Gasteiger partial charge in [-0.25, -0.2) is 0 Å². The number of methoxy groups -OCH3 is 1. The zero-order chi connectivity index (χ0) is 19.2. The van der Waals surface area contributed by atoms with Crippen LogP contribution in [0.1, 0.15) is 10.4 Å². The van der Waals surface area contributed by atoms with E-state index < -0.39 is 11.8 Å². The van der Waals surface area contributed by atoms with Crippen LogP contribution in [-0.4, -0.2) is 25.5 Å². The molecule has 6 nitrogen and oxygen atoms in total. The molecule has 0 radical (unpaired) electrons. The number of carbonyl (C=O) groups is 2. The van der Waals surface area contributed by atoms with Crippen LogP contribution in [0.4, 0.5) is 5.69 Å². The summed E-state index contributed by atoms with van der Waals surface area (Å²) in [5.74, 6) is -0.888. The highest BCUT2D eigenvalue weighted by atomic mass is 32.1. The molecule has 140 valence electrons. The average Bonchev–Trinajstić information content (AvgIpc) is 3.33. The zero-order valence-corrected chi connectivity index (χ0v) is 15.9. The molecule has 3 aromatic rings. The molecule has 0 aliphatic heterocycles. The van der Waals surface area contributed by atoms with Crippen molar-refractivity contribution in [3.8, 4) is 16.2 Å². The summed E-state index contributed by atoms with van der Waals surface area (Å²) in [6.45, 7) is 2.27. The van der Waals surface area contributed by atoms with Crippen LogP contribution in [0, 0.1) is 6.92 Å². The fourth-order valence-electron chi connectivity index (χ4n) is 2.55. The van der Waals surface area contributed by atoms with E-state index in [-0.39, 0.29) is 0 Å². The molecular weight excluding hydrogens is 364 g/mol. The topological polar surface area (TPSA) is 80.6 Å². The second kappa shape index (κ2) is 8.55. The summed E-state index contributed by atoms with van der Waals surface area (Å²) in [6.07, 6.45) is 3.98.